The van der Waals surface area contributed by atoms with Gasteiger partial charge in [0.25, 0.3) is 0 Å². The van der Waals surface area contributed by atoms with Crippen molar-refractivity contribution in [3.63, 3.8) is 0 Å². The van der Waals surface area contributed by atoms with Gasteiger partial charge in [0, 0.05) is 21.8 Å². The number of hydrogen-bond acceptors (Lipinski definition) is 0. The lowest BCUT2D eigenvalue weighted by atomic mass is 9.98. The van der Waals surface area contributed by atoms with Crippen LogP contribution in [0.25, 0.3) is 11.1 Å². The molecule has 2 aromatic carbocycles. The molecule has 0 saturated heterocycles. The van der Waals surface area contributed by atoms with Gasteiger partial charge in [0.2, 0.25) is 0 Å². The fourth-order valence-corrected chi connectivity index (χ4v) is 3.01. The highest BCUT2D eigenvalue weighted by atomic mass is 79.9. The Balaban J connectivity index is 2.99. The van der Waals surface area contributed by atoms with Crippen molar-refractivity contribution >= 4 is 31.9 Å². The van der Waals surface area contributed by atoms with Gasteiger partial charge in [-0.15, -0.1) is 0 Å². The molecular weight excluding hydrogens is 480 g/mol. The average molecular weight is 484 g/mol. The molecule has 0 spiro atoms. The summed E-state index contributed by atoms with van der Waals surface area (Å²) in [4.78, 5) is 0. The molecule has 0 fully saturated rings. The van der Waals surface area contributed by atoms with Crippen LogP contribution < -0.4 is 0 Å². The van der Waals surface area contributed by atoms with Gasteiger partial charge in [0.05, 0.1) is 11.1 Å². The van der Waals surface area contributed by atoms with Crippen molar-refractivity contribution in [3.05, 3.63) is 57.7 Å². The molecule has 0 unspecified atom stereocenters. The van der Waals surface area contributed by atoms with E-state index in [-0.39, 0.29) is 0 Å². The van der Waals surface area contributed by atoms with Crippen LogP contribution in [0.2, 0.25) is 0 Å². The smallest absolute Gasteiger partial charge is 0.170 e. The van der Waals surface area contributed by atoms with Crippen LogP contribution in [0.15, 0.2) is 0 Å². The van der Waals surface area contributed by atoms with Gasteiger partial charge in [-0.2, -0.15) is 0 Å². The lowest BCUT2D eigenvalue weighted by Crippen LogP contribution is -2.10. The molecule has 0 amide bonds. The van der Waals surface area contributed by atoms with Crippen LogP contribution in [-0.2, 0) is 10.7 Å². The summed E-state index contributed by atoms with van der Waals surface area (Å²) >= 11 is 5.19. The second kappa shape index (κ2) is 6.99. The highest BCUT2D eigenvalue weighted by molar-refractivity contribution is 9.08. The van der Waals surface area contributed by atoms with E-state index in [4.69, 9.17) is 0 Å². The minimum Gasteiger partial charge on any atom is -0.203 e. The van der Waals surface area contributed by atoms with E-state index in [1.807, 2.05) is 0 Å². The zero-order valence-electron chi connectivity index (χ0n) is 11.2. The normalized spacial score (nSPS) is 11.2. The summed E-state index contributed by atoms with van der Waals surface area (Å²) in [5.41, 5.74) is -5.90. The number of halogens is 10. The molecule has 2 aromatic rings. The summed E-state index contributed by atoms with van der Waals surface area (Å²) in [6.45, 7) is 0. The maximum absolute atomic E-state index is 14.0. The van der Waals surface area contributed by atoms with Gasteiger partial charge in [-0.05, 0) is 0 Å². The van der Waals surface area contributed by atoms with Gasteiger partial charge < -0.3 is 0 Å². The first-order valence-corrected chi connectivity index (χ1v) is 8.25. The van der Waals surface area contributed by atoms with Crippen molar-refractivity contribution in [2.75, 3.05) is 0 Å². The van der Waals surface area contributed by atoms with Gasteiger partial charge in [0.15, 0.2) is 46.5 Å². The van der Waals surface area contributed by atoms with Gasteiger partial charge in [-0.25, -0.2) is 35.1 Å². The fraction of sp³-hybridized carbons (Fsp3) is 0.143. The third-order valence-electron chi connectivity index (χ3n) is 3.23. The lowest BCUT2D eigenvalue weighted by molar-refractivity contribution is 0.432. The van der Waals surface area contributed by atoms with Crippen LogP contribution in [0.5, 0.6) is 0 Å². The minimum atomic E-state index is -2.17. The Labute approximate surface area is 146 Å². The van der Waals surface area contributed by atoms with E-state index in [0.717, 1.165) is 0 Å². The Kier molecular flexibility index (Phi) is 5.58. The second-order valence-corrected chi connectivity index (χ2v) is 5.61. The van der Waals surface area contributed by atoms with Gasteiger partial charge in [-0.1, -0.05) is 31.9 Å². The molecule has 0 aromatic heterocycles. The van der Waals surface area contributed by atoms with Gasteiger partial charge in [-0.3, -0.25) is 0 Å². The van der Waals surface area contributed by atoms with Crippen LogP contribution in [-0.4, -0.2) is 0 Å². The highest BCUT2D eigenvalue weighted by Gasteiger charge is 2.33. The molecule has 0 bridgehead atoms. The van der Waals surface area contributed by atoms with Crippen molar-refractivity contribution in [3.8, 4) is 11.1 Å². The summed E-state index contributed by atoms with van der Waals surface area (Å²) in [6.07, 6.45) is 0. The van der Waals surface area contributed by atoms with Crippen molar-refractivity contribution in [2.24, 2.45) is 0 Å². The highest BCUT2D eigenvalue weighted by Crippen LogP contribution is 2.38. The lowest BCUT2D eigenvalue weighted by Gasteiger charge is -2.14. The third kappa shape index (κ3) is 2.73. The van der Waals surface area contributed by atoms with Crippen molar-refractivity contribution in [2.45, 2.75) is 10.7 Å². The first-order chi connectivity index (χ1) is 11.2. The van der Waals surface area contributed by atoms with E-state index in [1.165, 1.54) is 0 Å². The summed E-state index contributed by atoms with van der Waals surface area (Å²) < 4.78 is 111. The van der Waals surface area contributed by atoms with E-state index in [0.29, 0.717) is 0 Å². The monoisotopic (exact) mass is 482 g/mol. The van der Waals surface area contributed by atoms with Crippen molar-refractivity contribution in [1.29, 1.82) is 0 Å². The zero-order chi connectivity index (χ0) is 18.3. The Hall–Kier alpha value is -1.16. The number of alkyl halides is 2. The Morgan fingerprint density at radius 1 is 0.417 bits per heavy atom. The van der Waals surface area contributed by atoms with Crippen LogP contribution in [0.4, 0.5) is 35.1 Å². The Morgan fingerprint density at radius 2 is 0.625 bits per heavy atom. The molecule has 0 saturated carbocycles. The number of benzene rings is 2. The standard InChI is InChI=1S/C14H4Br2F8/c15-1-3-7(17)11(21)5(12(22)8(3)18)6-13(23)9(19)4(2-16)10(20)14(6)24/h1-2H2. The van der Waals surface area contributed by atoms with E-state index < -0.39 is 79.5 Å². The summed E-state index contributed by atoms with van der Waals surface area (Å²) in [7, 11) is 0. The van der Waals surface area contributed by atoms with Crippen LogP contribution in [0, 0.1) is 46.5 Å². The molecule has 0 nitrogen and oxygen atoms in total. The molecule has 2 rings (SSSR count). The quantitative estimate of drug-likeness (QED) is 0.275. The molecule has 0 aliphatic heterocycles. The second-order valence-electron chi connectivity index (χ2n) is 4.49. The molecule has 0 radical (unpaired) electrons. The van der Waals surface area contributed by atoms with Gasteiger partial charge in [0.1, 0.15) is 0 Å². The van der Waals surface area contributed by atoms with Gasteiger partial charge >= 0.3 is 0 Å². The van der Waals surface area contributed by atoms with E-state index in [9.17, 15) is 35.1 Å². The molecule has 0 atom stereocenters. The maximum atomic E-state index is 14.0. The molecule has 24 heavy (non-hydrogen) atoms. The first-order valence-electron chi connectivity index (χ1n) is 6.00. The molecule has 0 N–H and O–H groups in total. The van der Waals surface area contributed by atoms with Crippen LogP contribution in [0.3, 0.4) is 0 Å². The average Bonchev–Trinajstić information content (AvgIpc) is 2.55. The summed E-state index contributed by atoms with van der Waals surface area (Å²) in [5.74, 6) is -16.5. The largest absolute Gasteiger partial charge is 0.203 e. The molecule has 0 aliphatic carbocycles. The maximum Gasteiger partial charge on any atom is 0.170 e. The van der Waals surface area contributed by atoms with Crippen LogP contribution >= 0.6 is 31.9 Å². The topological polar surface area (TPSA) is 0 Å². The van der Waals surface area contributed by atoms with Crippen molar-refractivity contribution < 1.29 is 35.1 Å². The Morgan fingerprint density at radius 3 is 0.792 bits per heavy atom. The molecule has 10 heteroatoms. The number of rotatable bonds is 3. The van der Waals surface area contributed by atoms with E-state index in [1.54, 1.807) is 0 Å². The molecule has 130 valence electrons. The van der Waals surface area contributed by atoms with E-state index >= 15 is 0 Å². The zero-order valence-corrected chi connectivity index (χ0v) is 14.4. The first kappa shape index (κ1) is 19.2. The molecule has 0 aliphatic rings. The van der Waals surface area contributed by atoms with Crippen molar-refractivity contribution in [1.82, 2.24) is 0 Å². The van der Waals surface area contributed by atoms with Crippen LogP contribution in [0.1, 0.15) is 11.1 Å². The third-order valence-corrected chi connectivity index (χ3v) is 4.35. The SMILES string of the molecule is Fc1c(F)c(-c2c(F)c(F)c(CBr)c(F)c2F)c(F)c(F)c1CBr. The predicted octanol–water partition coefficient (Wildman–Crippen LogP) is 6.26. The summed E-state index contributed by atoms with van der Waals surface area (Å²) in [6, 6.07) is 0. The summed E-state index contributed by atoms with van der Waals surface area (Å²) in [5, 5.41) is -1.29. The molecule has 0 heterocycles. The Bertz CT molecular complexity index is 707. The minimum absolute atomic E-state index is 0.644. The number of hydrogen-bond donors (Lipinski definition) is 0. The fourth-order valence-electron chi connectivity index (χ4n) is 2.03. The van der Waals surface area contributed by atoms with E-state index in [2.05, 4.69) is 31.9 Å². The predicted molar refractivity (Wildman–Crippen MR) is 76.8 cm³/mol. The molecular formula is C14H4Br2F8.